The fourth-order valence-electron chi connectivity index (χ4n) is 2.88. The van der Waals surface area contributed by atoms with Crippen molar-refractivity contribution in [2.75, 3.05) is 13.1 Å². The topological polar surface area (TPSA) is 187 Å². The van der Waals surface area contributed by atoms with Gasteiger partial charge < -0.3 is 36.9 Å². The Morgan fingerprint density at radius 2 is 1.83 bits per heavy atom. The lowest BCUT2D eigenvalue weighted by molar-refractivity contribution is -0.141. The molecule has 1 aromatic carbocycles. The summed E-state index contributed by atoms with van der Waals surface area (Å²) in [5, 5.41) is 26.8. The molecule has 30 heavy (non-hydrogen) atoms. The number of aliphatic carboxylic acids is 1. The van der Waals surface area contributed by atoms with Crippen molar-refractivity contribution >= 4 is 34.6 Å². The summed E-state index contributed by atoms with van der Waals surface area (Å²) in [5.74, 6) is -3.40. The zero-order chi connectivity index (χ0) is 22.3. The first-order chi connectivity index (χ1) is 14.2. The van der Waals surface area contributed by atoms with Crippen molar-refractivity contribution in [2.24, 2.45) is 5.73 Å². The lowest BCUT2D eigenvalue weighted by Gasteiger charge is -2.21. The van der Waals surface area contributed by atoms with Crippen LogP contribution in [0.25, 0.3) is 10.9 Å². The van der Waals surface area contributed by atoms with Gasteiger partial charge in [0.15, 0.2) is 0 Å². The van der Waals surface area contributed by atoms with Crippen LogP contribution in [0.15, 0.2) is 30.5 Å². The Hall–Kier alpha value is -3.44. The van der Waals surface area contributed by atoms with Gasteiger partial charge in [-0.05, 0) is 18.6 Å². The first kappa shape index (κ1) is 22.8. The molecule has 3 atom stereocenters. The van der Waals surface area contributed by atoms with Crippen molar-refractivity contribution in [2.45, 2.75) is 31.5 Å². The molecule has 11 heteroatoms. The number of benzene rings is 1. The van der Waals surface area contributed by atoms with Gasteiger partial charge in [0.25, 0.3) is 0 Å². The number of carboxylic acid groups (broad SMARTS) is 1. The van der Waals surface area contributed by atoms with Crippen LogP contribution in [0.1, 0.15) is 12.5 Å². The van der Waals surface area contributed by atoms with Gasteiger partial charge in [-0.2, -0.15) is 0 Å². The molecule has 2 aromatic rings. The molecular weight excluding hydrogens is 394 g/mol. The molecule has 3 amide bonds. The maximum atomic E-state index is 12.2. The van der Waals surface area contributed by atoms with Gasteiger partial charge in [-0.25, -0.2) is 4.79 Å². The van der Waals surface area contributed by atoms with Gasteiger partial charge in [-0.15, -0.1) is 0 Å². The van der Waals surface area contributed by atoms with Crippen molar-refractivity contribution in [3.8, 4) is 0 Å². The van der Waals surface area contributed by atoms with Crippen molar-refractivity contribution in [1.29, 1.82) is 0 Å². The minimum absolute atomic E-state index is 0.0435. The maximum absolute atomic E-state index is 12.2. The zero-order valence-corrected chi connectivity index (χ0v) is 16.3. The van der Waals surface area contributed by atoms with E-state index in [-0.39, 0.29) is 13.0 Å². The molecule has 11 nitrogen and oxygen atoms in total. The predicted molar refractivity (Wildman–Crippen MR) is 107 cm³/mol. The maximum Gasteiger partial charge on any atom is 0.326 e. The van der Waals surface area contributed by atoms with Gasteiger partial charge >= 0.3 is 5.97 Å². The molecule has 0 aliphatic rings. The molecule has 1 aromatic heterocycles. The van der Waals surface area contributed by atoms with Gasteiger partial charge in [-0.1, -0.05) is 18.2 Å². The molecule has 0 aliphatic carbocycles. The Labute approximate surface area is 172 Å². The minimum Gasteiger partial charge on any atom is -0.480 e. The summed E-state index contributed by atoms with van der Waals surface area (Å²) in [6.07, 6.45) is 0.501. The number of carbonyl (C=O) groups is 4. The monoisotopic (exact) mass is 419 g/mol. The molecule has 0 bridgehead atoms. The van der Waals surface area contributed by atoms with Crippen LogP contribution in [0.3, 0.4) is 0 Å². The van der Waals surface area contributed by atoms with Crippen LogP contribution < -0.4 is 21.7 Å². The number of carbonyl (C=O) groups excluding carboxylic acids is 3. The van der Waals surface area contributed by atoms with Crippen LogP contribution in [0.4, 0.5) is 0 Å². The first-order valence-corrected chi connectivity index (χ1v) is 9.25. The number of hydrogen-bond donors (Lipinski definition) is 7. The number of H-pyrrole nitrogens is 1. The first-order valence-electron chi connectivity index (χ1n) is 9.25. The van der Waals surface area contributed by atoms with Crippen LogP contribution in [-0.4, -0.2) is 70.2 Å². The third-order valence-electron chi connectivity index (χ3n) is 4.42. The fourth-order valence-corrected chi connectivity index (χ4v) is 2.88. The smallest absolute Gasteiger partial charge is 0.326 e. The number of hydrogen-bond acceptors (Lipinski definition) is 6. The Morgan fingerprint density at radius 1 is 1.13 bits per heavy atom. The molecular formula is C19H25N5O6. The summed E-state index contributed by atoms with van der Waals surface area (Å²) in [7, 11) is 0. The summed E-state index contributed by atoms with van der Waals surface area (Å²) in [6, 6.07) is 4.86. The van der Waals surface area contributed by atoms with Crippen molar-refractivity contribution in [3.05, 3.63) is 36.0 Å². The summed E-state index contributed by atoms with van der Waals surface area (Å²) in [4.78, 5) is 50.3. The van der Waals surface area contributed by atoms with Crippen LogP contribution in [0, 0.1) is 0 Å². The highest BCUT2D eigenvalue weighted by atomic mass is 16.4. The molecule has 8 N–H and O–H groups in total. The number of rotatable bonds is 10. The Kier molecular flexibility index (Phi) is 7.90. The van der Waals surface area contributed by atoms with E-state index in [1.54, 1.807) is 6.20 Å². The number of nitrogens with one attached hydrogen (secondary N) is 4. The van der Waals surface area contributed by atoms with E-state index in [2.05, 4.69) is 20.9 Å². The number of para-hydroxylation sites is 1. The average molecular weight is 419 g/mol. The molecule has 0 spiro atoms. The standard InChI is InChI=1S/C19H25N5O6/c1-10(25)17(24-15(26)7-20)18(28)22-9-16(27)23-14(19(29)30)6-11-8-21-13-5-3-2-4-12(11)13/h2-5,8,10,14,17,21,25H,6-7,9,20H2,1H3,(H,22,28)(H,23,27)(H,24,26)(H,29,30). The van der Waals surface area contributed by atoms with Gasteiger partial charge in [0.05, 0.1) is 19.2 Å². The molecule has 0 radical (unpaired) electrons. The normalized spacial score (nSPS) is 13.8. The van der Waals surface area contributed by atoms with Crippen LogP contribution in [0.2, 0.25) is 0 Å². The summed E-state index contributed by atoms with van der Waals surface area (Å²) in [5.41, 5.74) is 6.74. The largest absolute Gasteiger partial charge is 0.480 e. The quantitative estimate of drug-likeness (QED) is 0.237. The van der Waals surface area contributed by atoms with E-state index in [1.807, 2.05) is 24.3 Å². The molecule has 0 fully saturated rings. The second-order valence-electron chi connectivity index (χ2n) is 6.73. The molecule has 0 aliphatic heterocycles. The number of aromatic amines is 1. The number of carboxylic acids is 1. The van der Waals surface area contributed by atoms with Gasteiger partial charge in [0.2, 0.25) is 17.7 Å². The number of fused-ring (bicyclic) bond motifs is 1. The van der Waals surface area contributed by atoms with Gasteiger partial charge in [0.1, 0.15) is 12.1 Å². The second kappa shape index (κ2) is 10.4. The predicted octanol–water partition coefficient (Wildman–Crippen LogP) is -1.78. The number of nitrogens with two attached hydrogens (primary N) is 1. The van der Waals surface area contributed by atoms with E-state index in [4.69, 9.17) is 5.73 Å². The van der Waals surface area contributed by atoms with E-state index in [9.17, 15) is 29.4 Å². The highest BCUT2D eigenvalue weighted by molar-refractivity contribution is 5.92. The van der Waals surface area contributed by atoms with E-state index in [0.29, 0.717) is 0 Å². The van der Waals surface area contributed by atoms with Crippen molar-refractivity contribution < 1.29 is 29.4 Å². The lowest BCUT2D eigenvalue weighted by atomic mass is 10.0. The van der Waals surface area contributed by atoms with Crippen molar-refractivity contribution in [1.82, 2.24) is 20.9 Å². The lowest BCUT2D eigenvalue weighted by Crippen LogP contribution is -2.55. The second-order valence-corrected chi connectivity index (χ2v) is 6.73. The summed E-state index contributed by atoms with van der Waals surface area (Å²) < 4.78 is 0. The summed E-state index contributed by atoms with van der Waals surface area (Å²) in [6.45, 7) is 0.395. The summed E-state index contributed by atoms with van der Waals surface area (Å²) >= 11 is 0. The van der Waals surface area contributed by atoms with Crippen molar-refractivity contribution in [3.63, 3.8) is 0 Å². The Bertz CT molecular complexity index is 925. The van der Waals surface area contributed by atoms with Crippen LogP contribution >= 0.6 is 0 Å². The molecule has 0 saturated carbocycles. The molecule has 1 heterocycles. The SMILES string of the molecule is CC(O)C(NC(=O)CN)C(=O)NCC(=O)NC(Cc1c[nH]c2ccccc12)C(=O)O. The fraction of sp³-hybridized carbons (Fsp3) is 0.368. The Balaban J connectivity index is 1.96. The average Bonchev–Trinajstić information content (AvgIpc) is 3.12. The zero-order valence-electron chi connectivity index (χ0n) is 16.3. The van der Waals surface area contributed by atoms with Gasteiger partial charge in [0, 0.05) is 23.5 Å². The molecule has 3 unspecified atom stereocenters. The van der Waals surface area contributed by atoms with E-state index >= 15 is 0 Å². The third-order valence-corrected chi connectivity index (χ3v) is 4.42. The van der Waals surface area contributed by atoms with Crippen LogP contribution in [-0.2, 0) is 25.6 Å². The highest BCUT2D eigenvalue weighted by Gasteiger charge is 2.26. The molecule has 162 valence electrons. The number of amides is 3. The van der Waals surface area contributed by atoms with E-state index in [1.165, 1.54) is 6.92 Å². The van der Waals surface area contributed by atoms with E-state index in [0.717, 1.165) is 16.5 Å². The molecule has 2 rings (SSSR count). The molecule has 0 saturated heterocycles. The number of aliphatic hydroxyl groups excluding tert-OH is 1. The number of aromatic nitrogens is 1. The van der Waals surface area contributed by atoms with Crippen LogP contribution in [0.5, 0.6) is 0 Å². The van der Waals surface area contributed by atoms with E-state index < -0.39 is 48.4 Å². The number of aliphatic hydroxyl groups is 1. The Morgan fingerprint density at radius 3 is 2.47 bits per heavy atom. The van der Waals surface area contributed by atoms with Gasteiger partial charge in [-0.3, -0.25) is 14.4 Å². The highest BCUT2D eigenvalue weighted by Crippen LogP contribution is 2.19. The third kappa shape index (κ3) is 6.03. The minimum atomic E-state index is -1.30.